The van der Waals surface area contributed by atoms with Gasteiger partial charge in [0.15, 0.2) is 0 Å². The third kappa shape index (κ3) is 3.84. The van der Waals surface area contributed by atoms with Crippen molar-refractivity contribution >= 4 is 17.5 Å². The second kappa shape index (κ2) is 6.74. The number of nitrogens with zero attached hydrogens (tertiary/aromatic N) is 2. The van der Waals surface area contributed by atoms with Crippen LogP contribution in [0.5, 0.6) is 0 Å². The summed E-state index contributed by atoms with van der Waals surface area (Å²) in [6, 6.07) is 6.11. The van der Waals surface area contributed by atoms with Gasteiger partial charge in [-0.1, -0.05) is 0 Å². The highest BCUT2D eigenvalue weighted by Gasteiger charge is 2.18. The predicted octanol–water partition coefficient (Wildman–Crippen LogP) is 2.24. The summed E-state index contributed by atoms with van der Waals surface area (Å²) in [6.07, 6.45) is 1.81. The first-order valence-corrected chi connectivity index (χ1v) is 6.57. The number of ether oxygens (including phenoxy) is 1. The molecule has 1 aliphatic rings. The van der Waals surface area contributed by atoms with E-state index in [-0.39, 0.29) is 18.4 Å². The lowest BCUT2D eigenvalue weighted by Crippen LogP contribution is -2.29. The van der Waals surface area contributed by atoms with Crippen molar-refractivity contribution in [2.75, 3.05) is 31.6 Å². The fourth-order valence-corrected chi connectivity index (χ4v) is 2.03. The SMILES string of the molecule is O=C(OCCNc1ccc([N+](=O)[O-])cc1)N1CCCC1. The third-order valence-corrected chi connectivity index (χ3v) is 3.10. The molecule has 0 aromatic heterocycles. The van der Waals surface area contributed by atoms with E-state index in [4.69, 9.17) is 4.74 Å². The van der Waals surface area contributed by atoms with E-state index in [0.717, 1.165) is 31.6 Å². The molecule has 1 heterocycles. The number of hydrogen-bond acceptors (Lipinski definition) is 5. The number of amides is 1. The molecular formula is C13H17N3O4. The second-order valence-corrected chi connectivity index (χ2v) is 4.54. The Morgan fingerprint density at radius 2 is 1.95 bits per heavy atom. The zero-order chi connectivity index (χ0) is 14.4. The van der Waals surface area contributed by atoms with Gasteiger partial charge in [0.05, 0.1) is 4.92 Å². The topological polar surface area (TPSA) is 84.7 Å². The lowest BCUT2D eigenvalue weighted by molar-refractivity contribution is -0.384. The average molecular weight is 279 g/mol. The van der Waals surface area contributed by atoms with Gasteiger partial charge in [0, 0.05) is 37.5 Å². The first kappa shape index (κ1) is 14.1. The van der Waals surface area contributed by atoms with Gasteiger partial charge in [-0.05, 0) is 25.0 Å². The summed E-state index contributed by atoms with van der Waals surface area (Å²) in [5, 5.41) is 13.5. The molecule has 0 saturated carbocycles. The summed E-state index contributed by atoms with van der Waals surface area (Å²) < 4.78 is 5.13. The minimum absolute atomic E-state index is 0.0519. The lowest BCUT2D eigenvalue weighted by Gasteiger charge is -2.15. The maximum atomic E-state index is 11.6. The number of carbonyl (C=O) groups excluding carboxylic acids is 1. The molecule has 7 nitrogen and oxygen atoms in total. The Labute approximate surface area is 116 Å². The van der Waals surface area contributed by atoms with Gasteiger partial charge in [-0.2, -0.15) is 0 Å². The molecule has 108 valence electrons. The highest BCUT2D eigenvalue weighted by atomic mass is 16.6. The Bertz CT molecular complexity index is 469. The van der Waals surface area contributed by atoms with Crippen molar-refractivity contribution in [1.29, 1.82) is 0 Å². The summed E-state index contributed by atoms with van der Waals surface area (Å²) in [6.45, 7) is 2.28. The van der Waals surface area contributed by atoms with Crippen LogP contribution in [0.2, 0.25) is 0 Å². The van der Waals surface area contributed by atoms with Crippen LogP contribution >= 0.6 is 0 Å². The van der Waals surface area contributed by atoms with Crippen LogP contribution in [-0.2, 0) is 4.74 Å². The minimum atomic E-state index is -0.443. The number of anilines is 1. The Hall–Kier alpha value is -2.31. The van der Waals surface area contributed by atoms with Gasteiger partial charge in [-0.15, -0.1) is 0 Å². The van der Waals surface area contributed by atoms with E-state index in [1.54, 1.807) is 17.0 Å². The van der Waals surface area contributed by atoms with E-state index in [9.17, 15) is 14.9 Å². The molecule has 1 saturated heterocycles. The van der Waals surface area contributed by atoms with Gasteiger partial charge in [-0.25, -0.2) is 4.79 Å². The predicted molar refractivity (Wildman–Crippen MR) is 73.7 cm³/mol. The molecule has 2 rings (SSSR count). The highest BCUT2D eigenvalue weighted by Crippen LogP contribution is 2.15. The molecule has 0 atom stereocenters. The van der Waals surface area contributed by atoms with Crippen LogP contribution in [0.3, 0.4) is 0 Å². The molecule has 0 bridgehead atoms. The van der Waals surface area contributed by atoms with Crippen molar-refractivity contribution in [1.82, 2.24) is 4.90 Å². The normalized spacial score (nSPS) is 14.1. The molecular weight excluding hydrogens is 262 g/mol. The van der Waals surface area contributed by atoms with Gasteiger partial charge in [0.2, 0.25) is 0 Å². The van der Waals surface area contributed by atoms with E-state index >= 15 is 0 Å². The third-order valence-electron chi connectivity index (χ3n) is 3.10. The number of nitro groups is 1. The molecule has 0 aliphatic carbocycles. The van der Waals surface area contributed by atoms with E-state index in [2.05, 4.69) is 5.32 Å². The summed E-state index contributed by atoms with van der Waals surface area (Å²) >= 11 is 0. The Morgan fingerprint density at radius 1 is 1.30 bits per heavy atom. The molecule has 0 spiro atoms. The van der Waals surface area contributed by atoms with E-state index in [1.807, 2.05) is 0 Å². The van der Waals surface area contributed by atoms with Crippen LogP contribution in [-0.4, -0.2) is 42.2 Å². The van der Waals surface area contributed by atoms with Crippen molar-refractivity contribution in [2.45, 2.75) is 12.8 Å². The smallest absolute Gasteiger partial charge is 0.409 e. The molecule has 1 N–H and O–H groups in total. The number of carbonyl (C=O) groups is 1. The zero-order valence-electron chi connectivity index (χ0n) is 11.1. The molecule has 1 aliphatic heterocycles. The lowest BCUT2D eigenvalue weighted by atomic mass is 10.3. The van der Waals surface area contributed by atoms with Crippen LogP contribution in [0.4, 0.5) is 16.2 Å². The standard InChI is InChI=1S/C13H17N3O4/c17-13(15-8-1-2-9-15)20-10-7-14-11-3-5-12(6-4-11)16(18)19/h3-6,14H,1-2,7-10H2. The molecule has 1 aromatic rings. The molecule has 1 aromatic carbocycles. The van der Waals surface area contributed by atoms with Crippen molar-refractivity contribution < 1.29 is 14.5 Å². The number of benzene rings is 1. The fraction of sp³-hybridized carbons (Fsp3) is 0.462. The van der Waals surface area contributed by atoms with Gasteiger partial charge >= 0.3 is 6.09 Å². The maximum Gasteiger partial charge on any atom is 0.409 e. The molecule has 1 fully saturated rings. The van der Waals surface area contributed by atoms with E-state index in [1.165, 1.54) is 12.1 Å². The molecule has 0 unspecified atom stereocenters. The average Bonchev–Trinajstić information content (AvgIpc) is 2.98. The van der Waals surface area contributed by atoms with E-state index in [0.29, 0.717) is 6.54 Å². The summed E-state index contributed by atoms with van der Waals surface area (Å²) in [4.78, 5) is 23.3. The van der Waals surface area contributed by atoms with Gasteiger partial charge in [0.1, 0.15) is 6.61 Å². The first-order valence-electron chi connectivity index (χ1n) is 6.57. The van der Waals surface area contributed by atoms with Crippen LogP contribution < -0.4 is 5.32 Å². The first-order chi connectivity index (χ1) is 9.66. The summed E-state index contributed by atoms with van der Waals surface area (Å²) in [5.74, 6) is 0. The number of non-ortho nitro benzene ring substituents is 1. The summed E-state index contributed by atoms with van der Waals surface area (Å²) in [5.41, 5.74) is 0.809. The van der Waals surface area contributed by atoms with Crippen LogP contribution in [0.25, 0.3) is 0 Å². The Kier molecular flexibility index (Phi) is 4.75. The Balaban J connectivity index is 1.67. The Morgan fingerprint density at radius 3 is 2.55 bits per heavy atom. The quantitative estimate of drug-likeness (QED) is 0.507. The van der Waals surface area contributed by atoms with Crippen molar-refractivity contribution in [2.24, 2.45) is 0 Å². The number of hydrogen-bond donors (Lipinski definition) is 1. The maximum absolute atomic E-state index is 11.6. The molecule has 7 heteroatoms. The van der Waals surface area contributed by atoms with Crippen LogP contribution in [0, 0.1) is 10.1 Å². The van der Waals surface area contributed by atoms with E-state index < -0.39 is 4.92 Å². The minimum Gasteiger partial charge on any atom is -0.448 e. The fourth-order valence-electron chi connectivity index (χ4n) is 2.03. The van der Waals surface area contributed by atoms with Crippen LogP contribution in [0.15, 0.2) is 24.3 Å². The van der Waals surface area contributed by atoms with Crippen molar-refractivity contribution in [3.8, 4) is 0 Å². The highest BCUT2D eigenvalue weighted by molar-refractivity contribution is 5.67. The number of likely N-dealkylation sites (tertiary alicyclic amines) is 1. The van der Waals surface area contributed by atoms with Gasteiger partial charge in [-0.3, -0.25) is 10.1 Å². The number of nitro benzene ring substituents is 1. The number of rotatable bonds is 5. The van der Waals surface area contributed by atoms with Gasteiger partial charge in [0.25, 0.3) is 5.69 Å². The molecule has 0 radical (unpaired) electrons. The van der Waals surface area contributed by atoms with Crippen LogP contribution in [0.1, 0.15) is 12.8 Å². The zero-order valence-corrected chi connectivity index (χ0v) is 11.1. The number of nitrogens with one attached hydrogen (secondary N) is 1. The largest absolute Gasteiger partial charge is 0.448 e. The van der Waals surface area contributed by atoms with Crippen molar-refractivity contribution in [3.05, 3.63) is 34.4 Å². The molecule has 1 amide bonds. The van der Waals surface area contributed by atoms with Crippen molar-refractivity contribution in [3.63, 3.8) is 0 Å². The van der Waals surface area contributed by atoms with Gasteiger partial charge < -0.3 is 15.0 Å². The monoisotopic (exact) mass is 279 g/mol. The second-order valence-electron chi connectivity index (χ2n) is 4.54. The molecule has 20 heavy (non-hydrogen) atoms. The summed E-state index contributed by atoms with van der Waals surface area (Å²) in [7, 11) is 0.